The molecule has 3 nitrogen and oxygen atoms in total. The molecule has 212 valence electrons. The van der Waals surface area contributed by atoms with E-state index in [1.807, 2.05) is 0 Å². The molecule has 3 heterocycles. The molecule has 45 heavy (non-hydrogen) atoms. The lowest BCUT2D eigenvalue weighted by Gasteiger charge is -2.42. The van der Waals surface area contributed by atoms with Gasteiger partial charge >= 0.3 is 0 Å². The summed E-state index contributed by atoms with van der Waals surface area (Å²) in [7, 11) is 0. The summed E-state index contributed by atoms with van der Waals surface area (Å²) in [6.07, 6.45) is 0. The largest absolute Gasteiger partial charge is 0.440 e. The van der Waals surface area contributed by atoms with Crippen molar-refractivity contribution in [1.29, 1.82) is 0 Å². The molecule has 0 saturated carbocycles. The molecule has 0 fully saturated rings. The fourth-order valence-corrected chi connectivity index (χ4v) is 8.29. The minimum absolute atomic E-state index is 0.0218. The van der Waals surface area contributed by atoms with Gasteiger partial charge in [0.2, 0.25) is 5.88 Å². The van der Waals surface area contributed by atoms with Crippen molar-refractivity contribution in [1.82, 2.24) is 0 Å². The summed E-state index contributed by atoms with van der Waals surface area (Å²) in [6.45, 7) is 4.73. The molecule has 1 aliphatic carbocycles. The Morgan fingerprint density at radius 3 is 1.93 bits per heavy atom. The zero-order chi connectivity index (χ0) is 29.9. The normalized spacial score (nSPS) is 14.9. The minimum atomic E-state index is -0.101. The van der Waals surface area contributed by atoms with Gasteiger partial charge in [0, 0.05) is 44.7 Å². The second kappa shape index (κ2) is 8.80. The van der Waals surface area contributed by atoms with Crippen molar-refractivity contribution in [2.75, 3.05) is 9.80 Å². The average Bonchev–Trinajstić information content (AvgIpc) is 3.56. The molecular formula is C41H29BN2O. The Morgan fingerprint density at radius 2 is 1.16 bits per heavy atom. The first-order chi connectivity index (χ1) is 22.1. The fraction of sp³-hybridized carbons (Fsp3) is 0.0732. The number of benzene rings is 6. The van der Waals surface area contributed by atoms with Crippen LogP contribution in [-0.2, 0) is 5.41 Å². The fourth-order valence-electron chi connectivity index (χ4n) is 8.29. The highest BCUT2D eigenvalue weighted by molar-refractivity contribution is 7.01. The van der Waals surface area contributed by atoms with Gasteiger partial charge < -0.3 is 9.32 Å². The van der Waals surface area contributed by atoms with E-state index in [0.29, 0.717) is 0 Å². The second-order valence-electron chi connectivity index (χ2n) is 12.9. The van der Waals surface area contributed by atoms with Crippen molar-refractivity contribution in [3.8, 4) is 11.1 Å². The first kappa shape index (κ1) is 24.9. The van der Waals surface area contributed by atoms with E-state index in [0.717, 1.165) is 28.5 Å². The molecule has 10 rings (SSSR count). The molecule has 0 bridgehead atoms. The summed E-state index contributed by atoms with van der Waals surface area (Å²) in [4.78, 5) is 4.77. The molecule has 0 N–H and O–H groups in total. The van der Waals surface area contributed by atoms with Crippen molar-refractivity contribution in [2.24, 2.45) is 0 Å². The van der Waals surface area contributed by atoms with E-state index in [-0.39, 0.29) is 12.1 Å². The summed E-state index contributed by atoms with van der Waals surface area (Å²) < 4.78 is 7.06. The van der Waals surface area contributed by atoms with Crippen LogP contribution in [-0.4, -0.2) is 6.71 Å². The molecule has 4 heteroatoms. The summed E-state index contributed by atoms with van der Waals surface area (Å²) in [5, 5.41) is 1.19. The quantitative estimate of drug-likeness (QED) is 0.192. The Balaban J connectivity index is 1.32. The van der Waals surface area contributed by atoms with Gasteiger partial charge in [0.05, 0.1) is 0 Å². The van der Waals surface area contributed by atoms with Gasteiger partial charge in [0.25, 0.3) is 6.71 Å². The van der Waals surface area contributed by atoms with Crippen LogP contribution in [0.15, 0.2) is 144 Å². The Kier molecular flexibility index (Phi) is 4.87. The summed E-state index contributed by atoms with van der Waals surface area (Å²) in [5.74, 6) is 0.906. The zero-order valence-corrected chi connectivity index (χ0v) is 25.2. The maximum absolute atomic E-state index is 7.06. The van der Waals surface area contributed by atoms with Gasteiger partial charge in [-0.2, -0.15) is 0 Å². The number of hydrogen-bond donors (Lipinski definition) is 0. The van der Waals surface area contributed by atoms with Crippen molar-refractivity contribution in [3.05, 3.63) is 151 Å². The molecule has 2 aliphatic heterocycles. The van der Waals surface area contributed by atoms with Crippen LogP contribution in [0.25, 0.3) is 22.1 Å². The third-order valence-electron chi connectivity index (χ3n) is 10.3. The SMILES string of the molecule is CC1(C)c2ccccc2-c2cc3oc4c(c3cc21)B1c2ccccc2N(c2ccccc2)c2cccc(c21)N4c1ccccc1. The molecule has 0 saturated heterocycles. The van der Waals surface area contributed by atoms with Crippen LogP contribution >= 0.6 is 0 Å². The van der Waals surface area contributed by atoms with E-state index >= 15 is 0 Å². The van der Waals surface area contributed by atoms with Crippen LogP contribution in [0.1, 0.15) is 25.0 Å². The highest BCUT2D eigenvalue weighted by Gasteiger charge is 2.46. The molecule has 0 spiro atoms. The summed E-state index contributed by atoms with van der Waals surface area (Å²) in [6, 6.07) is 50.6. The Morgan fingerprint density at radius 1 is 0.533 bits per heavy atom. The van der Waals surface area contributed by atoms with E-state index in [9.17, 15) is 0 Å². The van der Waals surface area contributed by atoms with Crippen LogP contribution in [0, 0.1) is 0 Å². The highest BCUT2D eigenvalue weighted by atomic mass is 16.4. The number of hydrogen-bond acceptors (Lipinski definition) is 3. The number of para-hydroxylation sites is 3. The number of furan rings is 1. The van der Waals surface area contributed by atoms with Crippen LogP contribution < -0.4 is 26.2 Å². The first-order valence-electron chi connectivity index (χ1n) is 15.7. The highest BCUT2D eigenvalue weighted by Crippen LogP contribution is 2.51. The molecule has 3 aliphatic rings. The summed E-state index contributed by atoms with van der Waals surface area (Å²) in [5.41, 5.74) is 15.8. The number of nitrogens with zero attached hydrogens (tertiary/aromatic N) is 2. The molecule has 7 aromatic rings. The predicted molar refractivity (Wildman–Crippen MR) is 188 cm³/mol. The molecule has 0 unspecified atom stereocenters. The van der Waals surface area contributed by atoms with Crippen molar-refractivity contribution >= 4 is 68.4 Å². The van der Waals surface area contributed by atoms with Gasteiger partial charge in [-0.25, -0.2) is 0 Å². The van der Waals surface area contributed by atoms with Crippen LogP contribution in [0.2, 0.25) is 0 Å². The van der Waals surface area contributed by atoms with E-state index in [4.69, 9.17) is 4.42 Å². The topological polar surface area (TPSA) is 19.6 Å². The van der Waals surface area contributed by atoms with Crippen LogP contribution in [0.5, 0.6) is 0 Å². The van der Waals surface area contributed by atoms with Crippen LogP contribution in [0.4, 0.5) is 34.3 Å². The van der Waals surface area contributed by atoms with E-state index in [1.54, 1.807) is 0 Å². The lowest BCUT2D eigenvalue weighted by Crippen LogP contribution is -2.61. The monoisotopic (exact) mass is 576 g/mol. The maximum atomic E-state index is 7.06. The zero-order valence-electron chi connectivity index (χ0n) is 25.2. The van der Waals surface area contributed by atoms with E-state index in [2.05, 4.69) is 163 Å². The predicted octanol–water partition coefficient (Wildman–Crippen LogP) is 8.82. The number of anilines is 6. The standard InChI is InChI=1S/C41H29BN2O/c1-41(2)31-19-10-9-18-28(31)29-25-37-30(24-32(29)41)38-40(45-37)44(27-16-7-4-8-17-27)36-23-13-22-35-39(36)42(38)33-20-11-12-21-34(33)43(35)26-14-5-3-6-15-26/h3-25H,1-2H3. The molecule has 6 aromatic carbocycles. The number of fused-ring (bicyclic) bond motifs is 9. The van der Waals surface area contributed by atoms with Gasteiger partial charge in [0.1, 0.15) is 5.58 Å². The molecule has 1 aromatic heterocycles. The van der Waals surface area contributed by atoms with Gasteiger partial charge in [-0.1, -0.05) is 98.8 Å². The third kappa shape index (κ3) is 3.21. The second-order valence-corrected chi connectivity index (χ2v) is 12.9. The minimum Gasteiger partial charge on any atom is -0.440 e. The molecule has 0 atom stereocenters. The van der Waals surface area contributed by atoms with Gasteiger partial charge in [0.15, 0.2) is 0 Å². The lowest BCUT2D eigenvalue weighted by atomic mass is 9.33. The average molecular weight is 577 g/mol. The van der Waals surface area contributed by atoms with Crippen molar-refractivity contribution in [2.45, 2.75) is 19.3 Å². The third-order valence-corrected chi connectivity index (χ3v) is 10.3. The number of rotatable bonds is 2. The van der Waals surface area contributed by atoms with Gasteiger partial charge in [-0.3, -0.25) is 4.90 Å². The lowest BCUT2D eigenvalue weighted by molar-refractivity contribution is 0.622. The van der Waals surface area contributed by atoms with E-state index in [1.165, 1.54) is 55.4 Å². The molecule has 0 radical (unpaired) electrons. The Bertz CT molecular complexity index is 2320. The first-order valence-corrected chi connectivity index (χ1v) is 15.7. The molecular weight excluding hydrogens is 547 g/mol. The smallest absolute Gasteiger partial charge is 0.257 e. The maximum Gasteiger partial charge on any atom is 0.257 e. The Labute approximate surface area is 263 Å². The Hall–Kier alpha value is -5.48. The van der Waals surface area contributed by atoms with Crippen LogP contribution in [0.3, 0.4) is 0 Å². The molecule has 0 amide bonds. The van der Waals surface area contributed by atoms with Crippen molar-refractivity contribution in [3.63, 3.8) is 0 Å². The van der Waals surface area contributed by atoms with Crippen molar-refractivity contribution < 1.29 is 4.42 Å². The summed E-state index contributed by atoms with van der Waals surface area (Å²) >= 11 is 0. The van der Waals surface area contributed by atoms with Gasteiger partial charge in [-0.15, -0.1) is 0 Å². The van der Waals surface area contributed by atoms with E-state index < -0.39 is 0 Å². The van der Waals surface area contributed by atoms with Gasteiger partial charge in [-0.05, 0) is 87.8 Å².